The van der Waals surface area contributed by atoms with Crippen LogP contribution in [0.3, 0.4) is 0 Å². The molecule has 96 valence electrons. The summed E-state index contributed by atoms with van der Waals surface area (Å²) >= 11 is 0. The minimum Gasteiger partial charge on any atom is -0.494 e. The van der Waals surface area contributed by atoms with Crippen LogP contribution in [0, 0.1) is 6.92 Å². The normalized spacial score (nSPS) is 13.4. The summed E-state index contributed by atoms with van der Waals surface area (Å²) in [5.74, 6) is 2.45. The van der Waals surface area contributed by atoms with Crippen LogP contribution in [0.25, 0.3) is 21.8 Å². The van der Waals surface area contributed by atoms with E-state index in [4.69, 9.17) is 14.2 Å². The van der Waals surface area contributed by atoms with Crippen molar-refractivity contribution < 1.29 is 14.2 Å². The van der Waals surface area contributed by atoms with Crippen LogP contribution < -0.4 is 14.2 Å². The lowest BCUT2D eigenvalue weighted by Crippen LogP contribution is -1.93. The van der Waals surface area contributed by atoms with Crippen LogP contribution in [-0.4, -0.2) is 18.9 Å². The van der Waals surface area contributed by atoms with E-state index in [9.17, 15) is 0 Å². The standard InChI is InChI=1S/C15H13NO3/c1-8-3-4-9-10-5-6-11-15(19-7-18-11)13(10)16-12(9)14(8)17-2/h3-6,16H,7H2,1-2H3. The number of benzene rings is 2. The third-order valence-electron chi connectivity index (χ3n) is 3.64. The summed E-state index contributed by atoms with van der Waals surface area (Å²) in [6.45, 7) is 2.31. The lowest BCUT2D eigenvalue weighted by atomic mass is 10.1. The molecule has 0 saturated carbocycles. The lowest BCUT2D eigenvalue weighted by molar-refractivity contribution is 0.174. The summed E-state index contributed by atoms with van der Waals surface area (Å²) in [5.41, 5.74) is 3.07. The molecular weight excluding hydrogens is 242 g/mol. The van der Waals surface area contributed by atoms with Crippen LogP contribution in [0.15, 0.2) is 24.3 Å². The first-order valence-electron chi connectivity index (χ1n) is 6.17. The minimum atomic E-state index is 0.278. The van der Waals surface area contributed by atoms with Crippen LogP contribution in [0.4, 0.5) is 0 Å². The van der Waals surface area contributed by atoms with E-state index >= 15 is 0 Å². The number of methoxy groups -OCH3 is 1. The Labute approximate surface area is 109 Å². The average molecular weight is 255 g/mol. The van der Waals surface area contributed by atoms with E-state index in [-0.39, 0.29) is 6.79 Å². The topological polar surface area (TPSA) is 43.5 Å². The predicted molar refractivity (Wildman–Crippen MR) is 73.2 cm³/mol. The van der Waals surface area contributed by atoms with Gasteiger partial charge < -0.3 is 19.2 Å². The molecule has 0 amide bonds. The molecule has 19 heavy (non-hydrogen) atoms. The smallest absolute Gasteiger partial charge is 0.231 e. The SMILES string of the molecule is COc1c(C)ccc2c1[nH]c1c3c(ccc12)OCO3. The summed E-state index contributed by atoms with van der Waals surface area (Å²) in [7, 11) is 1.69. The molecule has 0 atom stereocenters. The molecule has 1 aromatic heterocycles. The molecule has 0 unspecified atom stereocenters. The van der Waals surface area contributed by atoms with Crippen molar-refractivity contribution in [3.05, 3.63) is 29.8 Å². The lowest BCUT2D eigenvalue weighted by Gasteiger charge is -2.05. The summed E-state index contributed by atoms with van der Waals surface area (Å²) in [6, 6.07) is 8.17. The Hall–Kier alpha value is -2.36. The molecule has 1 aliphatic rings. The van der Waals surface area contributed by atoms with Crippen LogP contribution in [-0.2, 0) is 0 Å². The fraction of sp³-hybridized carbons (Fsp3) is 0.200. The molecule has 0 bridgehead atoms. The van der Waals surface area contributed by atoms with Crippen LogP contribution in [0.2, 0.25) is 0 Å². The zero-order valence-corrected chi connectivity index (χ0v) is 10.7. The molecule has 2 aromatic carbocycles. The quantitative estimate of drug-likeness (QED) is 0.725. The van der Waals surface area contributed by atoms with E-state index < -0.39 is 0 Å². The second-order valence-electron chi connectivity index (χ2n) is 4.69. The van der Waals surface area contributed by atoms with Gasteiger partial charge in [0.25, 0.3) is 0 Å². The zero-order chi connectivity index (χ0) is 13.0. The second-order valence-corrected chi connectivity index (χ2v) is 4.69. The molecule has 3 aromatic rings. The van der Waals surface area contributed by atoms with Crippen molar-refractivity contribution in [3.8, 4) is 17.2 Å². The third-order valence-corrected chi connectivity index (χ3v) is 3.64. The Morgan fingerprint density at radius 1 is 1.05 bits per heavy atom. The minimum absolute atomic E-state index is 0.278. The molecule has 0 saturated heterocycles. The van der Waals surface area contributed by atoms with Gasteiger partial charge in [-0.3, -0.25) is 0 Å². The Morgan fingerprint density at radius 2 is 1.84 bits per heavy atom. The van der Waals surface area contributed by atoms with E-state index in [0.717, 1.165) is 44.6 Å². The van der Waals surface area contributed by atoms with E-state index in [2.05, 4.69) is 23.2 Å². The van der Waals surface area contributed by atoms with Crippen molar-refractivity contribution in [1.82, 2.24) is 4.98 Å². The third kappa shape index (κ3) is 1.28. The van der Waals surface area contributed by atoms with Gasteiger partial charge in [0.1, 0.15) is 5.75 Å². The highest BCUT2D eigenvalue weighted by Crippen LogP contribution is 2.43. The van der Waals surface area contributed by atoms with Gasteiger partial charge in [-0.15, -0.1) is 0 Å². The number of ether oxygens (including phenoxy) is 3. The first-order valence-corrected chi connectivity index (χ1v) is 6.17. The number of hydrogen-bond donors (Lipinski definition) is 1. The van der Waals surface area contributed by atoms with Gasteiger partial charge in [0, 0.05) is 10.8 Å². The van der Waals surface area contributed by atoms with Gasteiger partial charge in [-0.05, 0) is 24.6 Å². The van der Waals surface area contributed by atoms with Crippen molar-refractivity contribution in [2.45, 2.75) is 6.92 Å². The molecule has 2 heterocycles. The van der Waals surface area contributed by atoms with E-state index in [0.29, 0.717) is 0 Å². The van der Waals surface area contributed by atoms with Gasteiger partial charge in [-0.2, -0.15) is 0 Å². The van der Waals surface area contributed by atoms with Crippen LogP contribution in [0.5, 0.6) is 17.2 Å². The molecule has 0 radical (unpaired) electrons. The van der Waals surface area contributed by atoms with Crippen LogP contribution in [0.1, 0.15) is 5.56 Å². The van der Waals surface area contributed by atoms with E-state index in [1.165, 1.54) is 0 Å². The van der Waals surface area contributed by atoms with E-state index in [1.807, 2.05) is 13.0 Å². The maximum Gasteiger partial charge on any atom is 0.231 e. The van der Waals surface area contributed by atoms with E-state index in [1.54, 1.807) is 7.11 Å². The number of aryl methyl sites for hydroxylation is 1. The average Bonchev–Trinajstić information content (AvgIpc) is 3.01. The number of aromatic amines is 1. The van der Waals surface area contributed by atoms with Crippen molar-refractivity contribution >= 4 is 21.8 Å². The Morgan fingerprint density at radius 3 is 2.68 bits per heavy atom. The fourth-order valence-electron chi connectivity index (χ4n) is 2.74. The fourth-order valence-corrected chi connectivity index (χ4v) is 2.74. The maximum atomic E-state index is 5.55. The molecule has 0 aliphatic carbocycles. The van der Waals surface area contributed by atoms with Gasteiger partial charge in [0.15, 0.2) is 11.5 Å². The first kappa shape index (κ1) is 10.6. The largest absolute Gasteiger partial charge is 0.494 e. The van der Waals surface area contributed by atoms with Crippen molar-refractivity contribution in [2.75, 3.05) is 13.9 Å². The Balaban J connectivity index is 2.18. The molecule has 0 fully saturated rings. The summed E-state index contributed by atoms with van der Waals surface area (Å²) in [5, 5.41) is 2.26. The monoisotopic (exact) mass is 255 g/mol. The van der Waals surface area contributed by atoms with Gasteiger partial charge in [-0.1, -0.05) is 12.1 Å². The van der Waals surface area contributed by atoms with Crippen molar-refractivity contribution in [3.63, 3.8) is 0 Å². The summed E-state index contributed by atoms with van der Waals surface area (Å²) in [6.07, 6.45) is 0. The van der Waals surface area contributed by atoms with Gasteiger partial charge in [0.05, 0.1) is 18.1 Å². The number of H-pyrrole nitrogens is 1. The Bertz CT molecular complexity index is 784. The number of nitrogens with one attached hydrogen (secondary N) is 1. The molecule has 1 N–H and O–H groups in total. The predicted octanol–water partition coefficient (Wildman–Crippen LogP) is 3.37. The number of rotatable bonds is 1. The summed E-state index contributed by atoms with van der Waals surface area (Å²) in [4.78, 5) is 3.41. The summed E-state index contributed by atoms with van der Waals surface area (Å²) < 4.78 is 16.5. The number of fused-ring (bicyclic) bond motifs is 5. The number of aromatic nitrogens is 1. The molecule has 4 nitrogen and oxygen atoms in total. The van der Waals surface area contributed by atoms with Crippen LogP contribution >= 0.6 is 0 Å². The van der Waals surface area contributed by atoms with Crippen molar-refractivity contribution in [1.29, 1.82) is 0 Å². The second kappa shape index (κ2) is 3.57. The highest BCUT2D eigenvalue weighted by molar-refractivity contribution is 6.12. The first-order chi connectivity index (χ1) is 9.29. The van der Waals surface area contributed by atoms with Crippen molar-refractivity contribution in [2.24, 2.45) is 0 Å². The maximum absolute atomic E-state index is 5.55. The molecular formula is C15H13NO3. The molecule has 0 spiro atoms. The van der Waals surface area contributed by atoms with Gasteiger partial charge in [0.2, 0.25) is 6.79 Å². The zero-order valence-electron chi connectivity index (χ0n) is 10.7. The van der Waals surface area contributed by atoms with Gasteiger partial charge >= 0.3 is 0 Å². The molecule has 4 heteroatoms. The van der Waals surface area contributed by atoms with Gasteiger partial charge in [-0.25, -0.2) is 0 Å². The number of hydrogen-bond acceptors (Lipinski definition) is 3. The Kier molecular flexibility index (Phi) is 1.98. The highest BCUT2D eigenvalue weighted by Gasteiger charge is 2.20. The highest BCUT2D eigenvalue weighted by atomic mass is 16.7. The molecule has 4 rings (SSSR count). The molecule has 1 aliphatic heterocycles.